The van der Waals surface area contributed by atoms with Crippen LogP contribution in [0.4, 0.5) is 26.3 Å². The van der Waals surface area contributed by atoms with E-state index in [0.717, 1.165) is 13.8 Å². The van der Waals surface area contributed by atoms with Crippen LogP contribution in [0.25, 0.3) is 0 Å². The van der Waals surface area contributed by atoms with Gasteiger partial charge in [-0.15, -0.1) is 0 Å². The van der Waals surface area contributed by atoms with Gasteiger partial charge in [0, 0.05) is 13.3 Å². The summed E-state index contributed by atoms with van der Waals surface area (Å²) in [5.74, 6) is -1.14. The Labute approximate surface area is 121 Å². The number of carbonyl (C=O) groups is 1. The molecule has 0 bridgehead atoms. The van der Waals surface area contributed by atoms with E-state index in [4.69, 9.17) is 0 Å². The Morgan fingerprint density at radius 3 is 1.50 bits per heavy atom. The number of hydrogen-bond donors (Lipinski definition) is 0. The van der Waals surface area contributed by atoms with Crippen LogP contribution < -0.4 is 0 Å². The average molecular weight is 380 g/mol. The van der Waals surface area contributed by atoms with Gasteiger partial charge in [0.25, 0.3) is 19.7 Å². The maximum absolute atomic E-state index is 12.4. The van der Waals surface area contributed by atoms with Crippen molar-refractivity contribution in [1.82, 2.24) is 0 Å². The van der Waals surface area contributed by atoms with Crippen LogP contribution in [-0.4, -0.2) is 44.5 Å². The summed E-state index contributed by atoms with van der Waals surface area (Å²) < 4.78 is 119. The molecule has 0 N–H and O–H groups in total. The smallest absolute Gasteiger partial charge is 0.463 e. The van der Waals surface area contributed by atoms with Crippen molar-refractivity contribution in [2.75, 3.05) is 0 Å². The number of alkyl halides is 6. The molecule has 1 unspecified atom stereocenters. The summed E-state index contributed by atoms with van der Waals surface area (Å²) in [5.41, 5.74) is -12.5. The Hall–Kier alpha value is -1.05. The van der Waals surface area contributed by atoms with Crippen LogP contribution in [0.15, 0.2) is 0 Å². The van der Waals surface area contributed by atoms with E-state index in [2.05, 4.69) is 4.74 Å². The summed E-state index contributed by atoms with van der Waals surface area (Å²) in [6.07, 6.45) is -3.53. The first-order chi connectivity index (χ1) is 9.44. The van der Waals surface area contributed by atoms with E-state index >= 15 is 0 Å². The van der Waals surface area contributed by atoms with Crippen molar-refractivity contribution in [1.29, 1.82) is 0 Å². The minimum Gasteiger partial charge on any atom is -0.463 e. The molecule has 0 aliphatic heterocycles. The van der Waals surface area contributed by atoms with Gasteiger partial charge in [0.15, 0.2) is 4.58 Å². The van der Waals surface area contributed by atoms with E-state index in [9.17, 15) is 48.0 Å². The summed E-state index contributed by atoms with van der Waals surface area (Å²) in [7, 11) is -13.4. The highest BCUT2D eigenvalue weighted by atomic mass is 32.3. The van der Waals surface area contributed by atoms with Crippen molar-refractivity contribution in [3.8, 4) is 0 Å². The van der Waals surface area contributed by atoms with E-state index < -0.39 is 53.8 Å². The third-order valence-corrected chi connectivity index (χ3v) is 6.81. The fourth-order valence-corrected chi connectivity index (χ4v) is 4.95. The number of carbonyl (C=O) groups excluding carboxylic acids is 1. The lowest BCUT2D eigenvalue weighted by Crippen LogP contribution is -2.46. The number of ether oxygens (including phenoxy) is 1. The largest absolute Gasteiger partial charge is 0.498 e. The summed E-state index contributed by atoms with van der Waals surface area (Å²) >= 11 is 0. The Balaban J connectivity index is 6.01. The van der Waals surface area contributed by atoms with E-state index in [1.165, 1.54) is 0 Å². The van der Waals surface area contributed by atoms with Gasteiger partial charge in [-0.05, 0) is 6.92 Å². The van der Waals surface area contributed by atoms with Gasteiger partial charge < -0.3 is 4.74 Å². The number of hydrogen-bond acceptors (Lipinski definition) is 6. The second-order valence-electron chi connectivity index (χ2n) is 4.07. The topological polar surface area (TPSA) is 94.6 Å². The molecule has 6 nitrogen and oxygen atoms in total. The lowest BCUT2D eigenvalue weighted by atomic mass is 10.3. The van der Waals surface area contributed by atoms with Gasteiger partial charge in [-0.25, -0.2) is 16.8 Å². The van der Waals surface area contributed by atoms with Crippen LogP contribution in [-0.2, 0) is 29.2 Å². The van der Waals surface area contributed by atoms with Crippen molar-refractivity contribution < 1.29 is 52.7 Å². The molecule has 0 aromatic rings. The summed E-state index contributed by atoms with van der Waals surface area (Å²) in [6.45, 7) is 1.51. The van der Waals surface area contributed by atoms with Gasteiger partial charge in [0.1, 0.15) is 6.10 Å². The fourth-order valence-electron chi connectivity index (χ4n) is 1.32. The van der Waals surface area contributed by atoms with Gasteiger partial charge in [0.2, 0.25) is 0 Å². The molecule has 0 saturated heterocycles. The summed E-state index contributed by atoms with van der Waals surface area (Å²) in [5, 5.41) is 0. The van der Waals surface area contributed by atoms with Gasteiger partial charge in [-0.3, -0.25) is 4.79 Å². The summed E-state index contributed by atoms with van der Waals surface area (Å²) in [4.78, 5) is 10.6. The van der Waals surface area contributed by atoms with Gasteiger partial charge >= 0.3 is 17.0 Å². The maximum atomic E-state index is 12.4. The lowest BCUT2D eigenvalue weighted by molar-refractivity contribution is -0.145. The Morgan fingerprint density at radius 2 is 1.27 bits per heavy atom. The molecular weight excluding hydrogens is 370 g/mol. The second-order valence-corrected chi connectivity index (χ2v) is 8.61. The van der Waals surface area contributed by atoms with Crippen LogP contribution >= 0.6 is 0 Å². The van der Waals surface area contributed by atoms with Crippen LogP contribution in [0.1, 0.15) is 20.3 Å². The Bertz CT molecular complexity index is 572. The molecular formula is C8H10F6O6S2. The molecule has 0 heterocycles. The maximum Gasteiger partial charge on any atom is 0.498 e. The van der Waals surface area contributed by atoms with Crippen molar-refractivity contribution in [3.63, 3.8) is 0 Å². The molecule has 0 rings (SSSR count). The number of sulfone groups is 2. The quantitative estimate of drug-likeness (QED) is 0.530. The minimum absolute atomic E-state index is 0.752. The lowest BCUT2D eigenvalue weighted by Gasteiger charge is -2.23. The Kier molecular flexibility index (Phi) is 5.92. The highest BCUT2D eigenvalue weighted by Crippen LogP contribution is 2.38. The first-order valence-electron chi connectivity index (χ1n) is 5.22. The third kappa shape index (κ3) is 4.47. The third-order valence-electron chi connectivity index (χ3n) is 2.23. The molecule has 0 aromatic heterocycles. The van der Waals surface area contributed by atoms with E-state index in [1.54, 1.807) is 0 Å². The van der Waals surface area contributed by atoms with Gasteiger partial charge in [-0.2, -0.15) is 26.3 Å². The molecule has 132 valence electrons. The fraction of sp³-hybridized carbons (Fsp3) is 0.875. The minimum atomic E-state index is -6.71. The second kappa shape index (κ2) is 6.22. The Morgan fingerprint density at radius 1 is 0.955 bits per heavy atom. The molecule has 0 spiro atoms. The van der Waals surface area contributed by atoms with E-state index in [1.807, 2.05) is 0 Å². The predicted octanol–water partition coefficient (Wildman–Crippen LogP) is 1.52. The highest BCUT2D eigenvalue weighted by molar-refractivity contribution is 8.09. The molecule has 0 radical (unpaired) electrons. The van der Waals surface area contributed by atoms with Crippen LogP contribution in [0.5, 0.6) is 0 Å². The summed E-state index contributed by atoms with van der Waals surface area (Å²) in [6, 6.07) is 0. The van der Waals surface area contributed by atoms with Crippen molar-refractivity contribution >= 4 is 25.6 Å². The van der Waals surface area contributed by atoms with Crippen molar-refractivity contribution in [3.05, 3.63) is 0 Å². The standard InChI is InChI=1S/C8H10F6O6S2/c1-4(20-5(2)15)3-6(21(16,17)7(9,10)11)22(18,19)8(12,13)14/h4,6H,3H2,1-2H3. The highest BCUT2D eigenvalue weighted by Gasteiger charge is 2.63. The van der Waals surface area contributed by atoms with Crippen LogP contribution in [0, 0.1) is 0 Å². The zero-order valence-corrected chi connectivity index (χ0v) is 12.5. The van der Waals surface area contributed by atoms with Gasteiger partial charge in [-0.1, -0.05) is 0 Å². The zero-order valence-electron chi connectivity index (χ0n) is 10.9. The van der Waals surface area contributed by atoms with Crippen LogP contribution in [0.2, 0.25) is 0 Å². The number of esters is 1. The average Bonchev–Trinajstić information content (AvgIpc) is 2.20. The number of rotatable bonds is 5. The molecule has 22 heavy (non-hydrogen) atoms. The SMILES string of the molecule is CC(=O)OC(C)CC(S(=O)(=O)C(F)(F)F)S(=O)(=O)C(F)(F)F. The zero-order chi connectivity index (χ0) is 18.1. The monoisotopic (exact) mass is 380 g/mol. The normalized spacial score (nSPS) is 15.7. The predicted molar refractivity (Wildman–Crippen MR) is 59.6 cm³/mol. The van der Waals surface area contributed by atoms with E-state index in [-0.39, 0.29) is 0 Å². The first-order valence-corrected chi connectivity index (χ1v) is 8.31. The molecule has 0 fully saturated rings. The molecule has 0 saturated carbocycles. The van der Waals surface area contributed by atoms with Crippen molar-refractivity contribution in [2.24, 2.45) is 0 Å². The molecule has 0 aromatic carbocycles. The molecule has 1 atom stereocenters. The molecule has 0 amide bonds. The first kappa shape index (κ1) is 20.9. The van der Waals surface area contributed by atoms with E-state index in [0.29, 0.717) is 0 Å². The molecule has 14 heteroatoms. The molecule has 0 aliphatic carbocycles. The molecule has 0 aliphatic rings. The number of halogens is 6. The van der Waals surface area contributed by atoms with Crippen molar-refractivity contribution in [2.45, 2.75) is 42.0 Å². The van der Waals surface area contributed by atoms with Gasteiger partial charge in [0.05, 0.1) is 0 Å². The van der Waals surface area contributed by atoms with Crippen LogP contribution in [0.3, 0.4) is 0 Å².